The van der Waals surface area contributed by atoms with E-state index < -0.39 is 12.9 Å². The second-order valence-corrected chi connectivity index (χ2v) is 1.82. The first kappa shape index (κ1) is 2.31. The lowest BCUT2D eigenvalue weighted by Crippen LogP contribution is -2.23. The Morgan fingerprint density at radius 3 is 3.29 bits per heavy atom. The summed E-state index contributed by atoms with van der Waals surface area (Å²) >= 11 is 4.69. The second-order valence-electron chi connectivity index (χ2n) is 1.41. The molecule has 0 aromatic heterocycles. The van der Waals surface area contributed by atoms with Crippen molar-refractivity contribution in [2.24, 2.45) is 0 Å². The Bertz CT molecular complexity index is 155. The molecule has 0 saturated carbocycles. The van der Waals surface area contributed by atoms with Gasteiger partial charge in [0.1, 0.15) is 0 Å². The minimum absolute atomic E-state index is 0.398. The van der Waals surface area contributed by atoms with E-state index in [2.05, 4.69) is 10.6 Å². The molecule has 3 heteroatoms. The van der Waals surface area contributed by atoms with E-state index in [9.17, 15) is 0 Å². The van der Waals surface area contributed by atoms with Crippen LogP contribution in [0.3, 0.4) is 0 Å². The fraction of sp³-hybridized carbons (Fsp3) is 0.750. The van der Waals surface area contributed by atoms with E-state index in [0.717, 1.165) is 0 Å². The molecule has 0 aromatic carbocycles. The van der Waals surface area contributed by atoms with Crippen LogP contribution in [-0.2, 0) is 0 Å². The van der Waals surface area contributed by atoms with Crippen molar-refractivity contribution in [2.75, 3.05) is 6.54 Å². The maximum Gasteiger partial charge on any atom is 0.166 e. The average molecular weight is 119 g/mol. The van der Waals surface area contributed by atoms with Gasteiger partial charge in [-0.15, -0.1) is 0 Å². The number of thiocarbonyl (C=S) groups is 1. The van der Waals surface area contributed by atoms with E-state index in [1.807, 2.05) is 0 Å². The summed E-state index contributed by atoms with van der Waals surface area (Å²) in [5, 5.41) is 5.82. The van der Waals surface area contributed by atoms with Gasteiger partial charge in [-0.25, -0.2) is 0 Å². The quantitative estimate of drug-likeness (QED) is 0.434. The van der Waals surface area contributed by atoms with E-state index in [-0.39, 0.29) is 0 Å². The highest BCUT2D eigenvalue weighted by molar-refractivity contribution is 7.80. The molecule has 1 saturated heterocycles. The van der Waals surface area contributed by atoms with Crippen molar-refractivity contribution in [3.8, 4) is 0 Å². The lowest BCUT2D eigenvalue weighted by atomic mass is 10.4. The van der Waals surface area contributed by atoms with Gasteiger partial charge < -0.3 is 10.6 Å². The van der Waals surface area contributed by atoms with Crippen molar-refractivity contribution < 1.29 is 4.11 Å². The highest BCUT2D eigenvalue weighted by Gasteiger charge is 2.09. The van der Waals surface area contributed by atoms with Crippen LogP contribution in [0.2, 0.25) is 0 Å². The monoisotopic (exact) mass is 119 g/mol. The minimum Gasteiger partial charge on any atom is -0.361 e. The normalized spacial score (nSPS) is 37.4. The molecular weight excluding hydrogens is 108 g/mol. The third-order valence-corrected chi connectivity index (χ3v) is 1.03. The molecule has 1 fully saturated rings. The predicted molar refractivity (Wildman–Crippen MR) is 33.2 cm³/mol. The Labute approximate surface area is 52.5 Å². The van der Waals surface area contributed by atoms with Gasteiger partial charge in [0.2, 0.25) is 0 Å². The van der Waals surface area contributed by atoms with Crippen LogP contribution in [0.25, 0.3) is 0 Å². The molecule has 1 heterocycles. The molecule has 2 nitrogen and oxygen atoms in total. The van der Waals surface area contributed by atoms with Crippen molar-refractivity contribution in [3.05, 3.63) is 0 Å². The standard InChI is InChI=1S/C4H8N2S/c1-3-2-5-4(7)6-3/h3H,2H2,1H3,(H2,5,6,7)/i1D3. The molecule has 1 unspecified atom stereocenters. The lowest BCUT2D eigenvalue weighted by molar-refractivity contribution is 0.723. The predicted octanol–water partition coefficient (Wildman–Crippen LogP) is -0.147. The number of nitrogens with one attached hydrogen (secondary N) is 2. The van der Waals surface area contributed by atoms with E-state index in [4.69, 9.17) is 16.3 Å². The van der Waals surface area contributed by atoms with Gasteiger partial charge in [-0.05, 0) is 19.1 Å². The molecule has 1 aliphatic rings. The maximum atomic E-state index is 6.99. The highest BCUT2D eigenvalue weighted by atomic mass is 32.1. The van der Waals surface area contributed by atoms with Gasteiger partial charge in [0.15, 0.2) is 5.11 Å². The third kappa shape index (κ3) is 1.03. The zero-order valence-electron chi connectivity index (χ0n) is 6.69. The van der Waals surface area contributed by atoms with Gasteiger partial charge in [0, 0.05) is 16.7 Å². The summed E-state index contributed by atoms with van der Waals surface area (Å²) in [5.41, 5.74) is 0. The largest absolute Gasteiger partial charge is 0.361 e. The second kappa shape index (κ2) is 1.66. The van der Waals surface area contributed by atoms with E-state index >= 15 is 0 Å². The Balaban J connectivity index is 2.53. The van der Waals surface area contributed by atoms with Gasteiger partial charge >= 0.3 is 0 Å². The van der Waals surface area contributed by atoms with Crippen molar-refractivity contribution >= 4 is 17.3 Å². The summed E-state index contributed by atoms with van der Waals surface area (Å²) in [5.74, 6) is 0. The summed E-state index contributed by atoms with van der Waals surface area (Å²) in [6.07, 6.45) is 0. The Morgan fingerprint density at radius 1 is 2.14 bits per heavy atom. The zero-order chi connectivity index (χ0) is 7.78. The van der Waals surface area contributed by atoms with E-state index in [1.165, 1.54) is 0 Å². The van der Waals surface area contributed by atoms with Crippen LogP contribution >= 0.6 is 12.2 Å². The van der Waals surface area contributed by atoms with Crippen molar-refractivity contribution in [2.45, 2.75) is 12.9 Å². The summed E-state index contributed by atoms with van der Waals surface area (Å²) in [7, 11) is 0. The Hall–Kier alpha value is -0.310. The molecular formula is C4H8N2S. The highest BCUT2D eigenvalue weighted by Crippen LogP contribution is 1.85. The van der Waals surface area contributed by atoms with Crippen LogP contribution in [-0.4, -0.2) is 17.7 Å². The molecule has 0 aliphatic carbocycles. The van der Waals surface area contributed by atoms with Crippen LogP contribution in [0.5, 0.6) is 0 Å². The van der Waals surface area contributed by atoms with Crippen LogP contribution < -0.4 is 10.6 Å². The number of hydrogen-bond donors (Lipinski definition) is 2. The molecule has 0 spiro atoms. The van der Waals surface area contributed by atoms with Crippen molar-refractivity contribution in [1.29, 1.82) is 0 Å². The van der Waals surface area contributed by atoms with Gasteiger partial charge in [0.25, 0.3) is 0 Å². The Morgan fingerprint density at radius 2 is 3.00 bits per heavy atom. The Kier molecular flexibility index (Phi) is 0.546. The van der Waals surface area contributed by atoms with Gasteiger partial charge in [-0.1, -0.05) is 0 Å². The lowest BCUT2D eigenvalue weighted by Gasteiger charge is -1.94. The number of hydrogen-bond acceptors (Lipinski definition) is 1. The van der Waals surface area contributed by atoms with Gasteiger partial charge in [-0.2, -0.15) is 0 Å². The average Bonchev–Trinajstić information content (AvgIpc) is 2.11. The van der Waals surface area contributed by atoms with Gasteiger partial charge in [0.05, 0.1) is 0 Å². The number of rotatable bonds is 0. The first-order valence-corrected chi connectivity index (χ1v) is 2.45. The molecule has 0 bridgehead atoms. The summed E-state index contributed by atoms with van der Waals surface area (Å²) in [6.45, 7) is -1.55. The first-order valence-electron chi connectivity index (χ1n) is 3.54. The van der Waals surface area contributed by atoms with Gasteiger partial charge in [-0.3, -0.25) is 0 Å². The maximum absolute atomic E-state index is 6.99. The molecule has 40 valence electrons. The van der Waals surface area contributed by atoms with Crippen LogP contribution in [0, 0.1) is 0 Å². The third-order valence-electron chi connectivity index (χ3n) is 0.772. The molecule has 1 rings (SSSR count). The molecule has 7 heavy (non-hydrogen) atoms. The van der Waals surface area contributed by atoms with Crippen LogP contribution in [0.15, 0.2) is 0 Å². The molecule has 1 atom stereocenters. The van der Waals surface area contributed by atoms with Crippen molar-refractivity contribution in [1.82, 2.24) is 10.6 Å². The smallest absolute Gasteiger partial charge is 0.166 e. The SMILES string of the molecule is [2H]C([2H])([2H])C1CNC(=S)N1. The summed E-state index contributed by atoms with van der Waals surface area (Å²) in [6, 6.07) is -0.514. The molecule has 0 amide bonds. The zero-order valence-corrected chi connectivity index (χ0v) is 4.51. The van der Waals surface area contributed by atoms with Crippen LogP contribution in [0.4, 0.5) is 0 Å². The topological polar surface area (TPSA) is 24.1 Å². The minimum atomic E-state index is -1.95. The van der Waals surface area contributed by atoms with Crippen molar-refractivity contribution in [3.63, 3.8) is 0 Å². The van der Waals surface area contributed by atoms with Crippen LogP contribution in [0.1, 0.15) is 11.0 Å². The summed E-state index contributed by atoms with van der Waals surface area (Å²) in [4.78, 5) is 0. The molecule has 0 aromatic rings. The van der Waals surface area contributed by atoms with E-state index in [1.54, 1.807) is 0 Å². The molecule has 2 N–H and O–H groups in total. The molecule has 1 aliphatic heterocycles. The summed E-state index contributed by atoms with van der Waals surface area (Å²) < 4.78 is 21.0. The first-order chi connectivity index (χ1) is 4.50. The fourth-order valence-corrected chi connectivity index (χ4v) is 0.681. The fourth-order valence-electron chi connectivity index (χ4n) is 0.455. The van der Waals surface area contributed by atoms with E-state index in [0.29, 0.717) is 11.7 Å². The molecule has 0 radical (unpaired) electrons.